The molecule has 0 aromatic heterocycles. The quantitative estimate of drug-likeness (QED) is 0.816. The Bertz CT molecular complexity index is 341. The van der Waals surface area contributed by atoms with Crippen molar-refractivity contribution in [1.29, 1.82) is 0 Å². The van der Waals surface area contributed by atoms with Gasteiger partial charge in [-0.3, -0.25) is 4.21 Å². The molecule has 84 valence electrons. The molecule has 0 heterocycles. The standard InChI is InChI=1S/C11H17NO2S/c1-11(2,12)8-15(14)7-9-3-5-10(13)6-4-9/h3-6,13H,7-8,12H2,1-2H3. The van der Waals surface area contributed by atoms with Gasteiger partial charge in [-0.2, -0.15) is 0 Å². The van der Waals surface area contributed by atoms with Gasteiger partial charge in [0.1, 0.15) is 5.75 Å². The van der Waals surface area contributed by atoms with E-state index in [4.69, 9.17) is 10.8 Å². The van der Waals surface area contributed by atoms with Crippen LogP contribution in [0.2, 0.25) is 0 Å². The summed E-state index contributed by atoms with van der Waals surface area (Å²) in [6.07, 6.45) is 0. The first-order valence-electron chi connectivity index (χ1n) is 4.78. The van der Waals surface area contributed by atoms with Gasteiger partial charge in [0.05, 0.1) is 0 Å². The van der Waals surface area contributed by atoms with Gasteiger partial charge in [-0.05, 0) is 31.5 Å². The highest BCUT2D eigenvalue weighted by Gasteiger charge is 2.15. The van der Waals surface area contributed by atoms with Gasteiger partial charge in [0.25, 0.3) is 0 Å². The highest BCUT2D eigenvalue weighted by atomic mass is 32.2. The summed E-state index contributed by atoms with van der Waals surface area (Å²) < 4.78 is 11.7. The van der Waals surface area contributed by atoms with E-state index in [1.165, 1.54) is 0 Å². The second-order valence-electron chi connectivity index (χ2n) is 4.38. The fraction of sp³-hybridized carbons (Fsp3) is 0.455. The Morgan fingerprint density at radius 1 is 1.33 bits per heavy atom. The summed E-state index contributed by atoms with van der Waals surface area (Å²) in [6, 6.07) is 6.74. The first kappa shape index (κ1) is 12.2. The lowest BCUT2D eigenvalue weighted by molar-refractivity contribution is 0.475. The molecule has 1 aromatic carbocycles. The summed E-state index contributed by atoms with van der Waals surface area (Å²) in [7, 11) is -0.954. The molecule has 0 aliphatic rings. The molecule has 0 saturated carbocycles. The first-order valence-corrected chi connectivity index (χ1v) is 6.27. The van der Waals surface area contributed by atoms with Crippen molar-refractivity contribution in [3.8, 4) is 5.75 Å². The summed E-state index contributed by atoms with van der Waals surface area (Å²) >= 11 is 0. The smallest absolute Gasteiger partial charge is 0.115 e. The molecule has 3 nitrogen and oxygen atoms in total. The highest BCUT2D eigenvalue weighted by Crippen LogP contribution is 2.12. The number of aromatic hydroxyl groups is 1. The molecule has 0 aliphatic carbocycles. The predicted octanol–water partition coefficient (Wildman–Crippen LogP) is 1.38. The first-order chi connectivity index (χ1) is 6.87. The molecule has 0 spiro atoms. The summed E-state index contributed by atoms with van der Waals surface area (Å²) in [5.74, 6) is 1.19. The predicted molar refractivity (Wildman–Crippen MR) is 63.1 cm³/mol. The third-order valence-corrected chi connectivity index (χ3v) is 3.52. The Kier molecular flexibility index (Phi) is 3.88. The van der Waals surface area contributed by atoms with Crippen LogP contribution in [0, 0.1) is 0 Å². The van der Waals surface area contributed by atoms with E-state index in [0.717, 1.165) is 5.56 Å². The average molecular weight is 227 g/mol. The van der Waals surface area contributed by atoms with Crippen LogP contribution in [-0.2, 0) is 16.6 Å². The van der Waals surface area contributed by atoms with Gasteiger partial charge in [-0.25, -0.2) is 0 Å². The van der Waals surface area contributed by atoms with Crippen molar-refractivity contribution in [3.05, 3.63) is 29.8 Å². The normalized spacial score (nSPS) is 13.8. The molecule has 1 atom stereocenters. The van der Waals surface area contributed by atoms with Gasteiger partial charge < -0.3 is 10.8 Å². The summed E-state index contributed by atoms with van der Waals surface area (Å²) in [4.78, 5) is 0. The minimum absolute atomic E-state index is 0.226. The average Bonchev–Trinajstić information content (AvgIpc) is 2.05. The summed E-state index contributed by atoms with van der Waals surface area (Å²) in [5.41, 5.74) is 6.33. The Morgan fingerprint density at radius 3 is 2.33 bits per heavy atom. The number of rotatable bonds is 4. The third-order valence-electron chi connectivity index (χ3n) is 1.80. The number of hydrogen-bond donors (Lipinski definition) is 2. The van der Waals surface area contributed by atoms with Crippen molar-refractivity contribution < 1.29 is 9.32 Å². The van der Waals surface area contributed by atoms with Crippen LogP contribution < -0.4 is 5.73 Å². The molecule has 1 rings (SSSR count). The maximum atomic E-state index is 11.7. The van der Waals surface area contributed by atoms with Crippen LogP contribution in [-0.4, -0.2) is 20.6 Å². The zero-order valence-electron chi connectivity index (χ0n) is 9.06. The van der Waals surface area contributed by atoms with Gasteiger partial charge in [0.15, 0.2) is 0 Å². The maximum absolute atomic E-state index is 11.7. The van der Waals surface area contributed by atoms with Gasteiger partial charge in [-0.15, -0.1) is 0 Å². The van der Waals surface area contributed by atoms with Gasteiger partial charge in [0, 0.05) is 27.8 Å². The minimum Gasteiger partial charge on any atom is -0.508 e. The summed E-state index contributed by atoms with van der Waals surface area (Å²) in [5, 5.41) is 9.08. The van der Waals surface area contributed by atoms with Crippen molar-refractivity contribution in [2.75, 3.05) is 5.75 Å². The van der Waals surface area contributed by atoms with E-state index in [1.54, 1.807) is 24.3 Å². The van der Waals surface area contributed by atoms with Crippen LogP contribution >= 0.6 is 0 Å². The topological polar surface area (TPSA) is 63.3 Å². The van der Waals surface area contributed by atoms with Crippen LogP contribution in [0.25, 0.3) is 0 Å². The van der Waals surface area contributed by atoms with Crippen LogP contribution in [0.15, 0.2) is 24.3 Å². The zero-order chi connectivity index (χ0) is 11.5. The lowest BCUT2D eigenvalue weighted by atomic mass is 10.1. The minimum atomic E-state index is -0.954. The monoisotopic (exact) mass is 227 g/mol. The molecule has 3 N–H and O–H groups in total. The molecule has 0 aliphatic heterocycles. The second-order valence-corrected chi connectivity index (χ2v) is 5.84. The number of phenolic OH excluding ortho intramolecular Hbond substituents is 1. The highest BCUT2D eigenvalue weighted by molar-refractivity contribution is 7.84. The Hall–Kier alpha value is -0.870. The molecule has 0 saturated heterocycles. The Balaban J connectivity index is 2.55. The van der Waals surface area contributed by atoms with Crippen molar-refractivity contribution in [3.63, 3.8) is 0 Å². The lowest BCUT2D eigenvalue weighted by Gasteiger charge is -2.17. The number of nitrogens with two attached hydrogens (primary N) is 1. The van der Waals surface area contributed by atoms with Gasteiger partial charge in [0.2, 0.25) is 0 Å². The number of hydrogen-bond acceptors (Lipinski definition) is 3. The van der Waals surface area contributed by atoms with Crippen LogP contribution in [0.4, 0.5) is 0 Å². The molecule has 15 heavy (non-hydrogen) atoms. The molecule has 0 fully saturated rings. The number of phenols is 1. The molecular weight excluding hydrogens is 210 g/mol. The van der Waals surface area contributed by atoms with Crippen LogP contribution in [0.5, 0.6) is 5.75 Å². The molecule has 0 bridgehead atoms. The van der Waals surface area contributed by atoms with Crippen molar-refractivity contribution in [2.45, 2.75) is 25.1 Å². The maximum Gasteiger partial charge on any atom is 0.115 e. The zero-order valence-corrected chi connectivity index (χ0v) is 9.88. The van der Waals surface area contributed by atoms with Gasteiger partial charge >= 0.3 is 0 Å². The number of benzene rings is 1. The van der Waals surface area contributed by atoms with Crippen molar-refractivity contribution in [2.24, 2.45) is 5.73 Å². The lowest BCUT2D eigenvalue weighted by Crippen LogP contribution is -2.38. The SMILES string of the molecule is CC(C)(N)CS(=O)Cc1ccc(O)cc1. The molecule has 4 heteroatoms. The molecule has 1 unspecified atom stereocenters. The second kappa shape index (κ2) is 4.77. The molecule has 1 aromatic rings. The Morgan fingerprint density at radius 2 is 1.87 bits per heavy atom. The van der Waals surface area contributed by atoms with E-state index < -0.39 is 16.3 Å². The summed E-state index contributed by atoms with van der Waals surface area (Å²) in [6.45, 7) is 3.73. The van der Waals surface area contributed by atoms with Crippen molar-refractivity contribution in [1.82, 2.24) is 0 Å². The largest absolute Gasteiger partial charge is 0.508 e. The van der Waals surface area contributed by atoms with Crippen LogP contribution in [0.1, 0.15) is 19.4 Å². The van der Waals surface area contributed by atoms with E-state index in [1.807, 2.05) is 13.8 Å². The van der Waals surface area contributed by atoms with E-state index >= 15 is 0 Å². The fourth-order valence-corrected chi connectivity index (χ4v) is 2.74. The fourth-order valence-electron chi connectivity index (χ4n) is 1.24. The molecular formula is C11H17NO2S. The van der Waals surface area contributed by atoms with Crippen molar-refractivity contribution >= 4 is 10.8 Å². The Labute approximate surface area is 92.8 Å². The third kappa shape index (κ3) is 4.95. The van der Waals surface area contributed by atoms with E-state index in [2.05, 4.69) is 0 Å². The van der Waals surface area contributed by atoms with Gasteiger partial charge in [-0.1, -0.05) is 12.1 Å². The van der Waals surface area contributed by atoms with Crippen LogP contribution in [0.3, 0.4) is 0 Å². The van der Waals surface area contributed by atoms with E-state index in [-0.39, 0.29) is 5.75 Å². The van der Waals surface area contributed by atoms with E-state index in [9.17, 15) is 4.21 Å². The van der Waals surface area contributed by atoms with E-state index in [0.29, 0.717) is 11.5 Å². The molecule has 0 amide bonds. The molecule has 0 radical (unpaired) electrons.